The highest BCUT2D eigenvalue weighted by Crippen LogP contribution is 2.60. The van der Waals surface area contributed by atoms with Crippen molar-refractivity contribution in [1.82, 2.24) is 10.6 Å². The van der Waals surface area contributed by atoms with E-state index in [0.717, 1.165) is 110 Å². The number of unbranched alkanes of at least 4 members (excludes halogenated alkanes) is 4. The minimum absolute atomic E-state index is 0.225. The van der Waals surface area contributed by atoms with Crippen molar-refractivity contribution in [3.8, 4) is 0 Å². The highest BCUT2D eigenvalue weighted by Gasteiger charge is 2.54. The van der Waals surface area contributed by atoms with E-state index in [1.165, 1.54) is 190 Å². The number of nitrogens with zero attached hydrogens (tertiary/aromatic N) is 6. The van der Waals surface area contributed by atoms with Crippen LogP contribution in [-0.4, -0.2) is 83.2 Å². The van der Waals surface area contributed by atoms with Crippen molar-refractivity contribution in [2.45, 2.75) is 215 Å². The van der Waals surface area contributed by atoms with E-state index in [1.54, 1.807) is 0 Å². The molecule has 2 N–H and O–H groups in total. The number of hydrogen-bond acceptors (Lipinski definition) is 8. The summed E-state index contributed by atoms with van der Waals surface area (Å²) in [5.74, 6) is 11.6. The maximum atomic E-state index is 5.38. The molecule has 16 saturated carbocycles. The first-order valence-electron chi connectivity index (χ1n) is 28.2. The Labute approximate surface area is 408 Å². The van der Waals surface area contributed by atoms with Gasteiger partial charge < -0.3 is 10.6 Å². The van der Waals surface area contributed by atoms with Crippen molar-refractivity contribution in [3.63, 3.8) is 0 Å². The first-order chi connectivity index (χ1) is 32.2. The first kappa shape index (κ1) is 46.8. The lowest BCUT2D eigenvalue weighted by Crippen LogP contribution is -2.59. The number of thioether (sulfide) groups is 2. The smallest absolute Gasteiger partial charge is 0.156 e. The molecule has 0 aliphatic heterocycles. The number of aliphatic imine (C=N–C) groups is 6. The number of nitrogens with one attached hydrogen (secondary N) is 2. The van der Waals surface area contributed by atoms with Crippen molar-refractivity contribution >= 4 is 45.9 Å². The quantitative estimate of drug-likeness (QED) is 0.0915. The molecule has 16 fully saturated rings. The third-order valence-corrected chi connectivity index (χ3v) is 21.5. The second-order valence-corrected chi connectivity index (χ2v) is 27.6. The Hall–Kier alpha value is -1.60. The molecule has 0 aromatic rings. The second kappa shape index (κ2) is 20.3. The monoisotopic (exact) mass is 937 g/mol. The summed E-state index contributed by atoms with van der Waals surface area (Å²) in [6, 6.07) is 6.23. The lowest BCUT2D eigenvalue weighted by Gasteiger charge is -2.57. The first-order valence-corrected chi connectivity index (χ1v) is 30.7. The van der Waals surface area contributed by atoms with Crippen molar-refractivity contribution in [3.05, 3.63) is 0 Å². The molecule has 16 rings (SSSR count). The summed E-state index contributed by atoms with van der Waals surface area (Å²) >= 11 is 3.65. The van der Waals surface area contributed by atoms with E-state index in [9.17, 15) is 0 Å². The molecule has 0 radical (unpaired) electrons. The Morgan fingerprint density at radius 3 is 1.17 bits per heavy atom. The van der Waals surface area contributed by atoms with Crippen LogP contribution < -0.4 is 10.6 Å². The fourth-order valence-electron chi connectivity index (χ4n) is 19.4. The van der Waals surface area contributed by atoms with Crippen LogP contribution in [0.15, 0.2) is 30.0 Å². The molecule has 0 saturated heterocycles. The standard InChI is InChI=1S/C29H48N4S2.C27H40N4/c1-34-26(32-28-14-20-8-21(15-28)10-22(9-20)16-28)30-6-4-3-5-7-31-27(35-2)33-29-17-23-11-24(18-29)13-25(12-23)19-29;1(2-4-28-18-30-26-12-20-6-21(13-26)8-22(7-20)14-26)3-5-29-19-31-27-15-23-9-24(16-27)11-25(10-23)17-27/h20-25H,3-19H2,1-2H3,(H,30,32)(H,31,33);20-25H,1-17H2. The summed E-state index contributed by atoms with van der Waals surface area (Å²) in [5, 5.41) is 10.1. The summed E-state index contributed by atoms with van der Waals surface area (Å²) in [4.78, 5) is 29.2. The van der Waals surface area contributed by atoms with Gasteiger partial charge in [-0.1, -0.05) is 23.5 Å². The topological polar surface area (TPSA) is 98.2 Å². The molecule has 0 heterocycles. The van der Waals surface area contributed by atoms with Gasteiger partial charge in [-0.2, -0.15) is 0 Å². The fraction of sp³-hybridized carbons (Fsp3) is 0.929. The van der Waals surface area contributed by atoms with Crippen LogP contribution in [0.4, 0.5) is 0 Å². The average molecular weight is 938 g/mol. The van der Waals surface area contributed by atoms with Gasteiger partial charge in [0.25, 0.3) is 0 Å². The molecule has 0 spiro atoms. The zero-order chi connectivity index (χ0) is 44.6. The molecule has 0 atom stereocenters. The third kappa shape index (κ3) is 11.0. The maximum Gasteiger partial charge on any atom is 0.156 e. The molecule has 16 aliphatic carbocycles. The van der Waals surface area contributed by atoms with E-state index in [4.69, 9.17) is 20.0 Å². The molecule has 0 amide bonds. The van der Waals surface area contributed by atoms with Crippen LogP contribution in [0.5, 0.6) is 0 Å². The Morgan fingerprint density at radius 1 is 0.424 bits per heavy atom. The van der Waals surface area contributed by atoms with Crippen LogP contribution in [0.2, 0.25) is 0 Å². The van der Waals surface area contributed by atoms with Crippen molar-refractivity contribution in [1.29, 1.82) is 0 Å². The number of rotatable bonds is 16. The lowest BCUT2D eigenvalue weighted by atomic mass is 9.53. The number of hydrogen-bond donors (Lipinski definition) is 2. The average Bonchev–Trinajstić information content (AvgIpc) is 3.25. The lowest BCUT2D eigenvalue weighted by molar-refractivity contribution is -0.00965. The van der Waals surface area contributed by atoms with Gasteiger partial charge in [-0.25, -0.2) is 20.0 Å². The van der Waals surface area contributed by atoms with Crippen LogP contribution in [-0.2, 0) is 0 Å². The summed E-state index contributed by atoms with van der Waals surface area (Å²) in [6.07, 6.45) is 45.4. The predicted molar refractivity (Wildman–Crippen MR) is 279 cm³/mol. The van der Waals surface area contributed by atoms with Crippen LogP contribution >= 0.6 is 23.5 Å². The molecule has 16 bridgehead atoms. The molecule has 10 heteroatoms. The minimum Gasteiger partial charge on any atom is -0.365 e. The minimum atomic E-state index is 0.225. The fourth-order valence-corrected chi connectivity index (χ4v) is 20.4. The van der Waals surface area contributed by atoms with Gasteiger partial charge in [-0.05, 0) is 276 Å². The zero-order valence-corrected chi connectivity index (χ0v) is 43.1. The Kier molecular flexibility index (Phi) is 14.4. The highest BCUT2D eigenvalue weighted by molar-refractivity contribution is 8.13. The Bertz CT molecular complexity index is 1680. The molecular formula is C56H88N8S2. The van der Waals surface area contributed by atoms with Crippen molar-refractivity contribution in [2.75, 3.05) is 38.7 Å². The number of amidine groups is 2. The van der Waals surface area contributed by atoms with Crippen LogP contribution in [0.3, 0.4) is 0 Å². The van der Waals surface area contributed by atoms with Crippen LogP contribution in [0.1, 0.15) is 193 Å². The molecular weight excluding hydrogens is 849 g/mol. The van der Waals surface area contributed by atoms with Gasteiger partial charge in [0.1, 0.15) is 0 Å². The summed E-state index contributed by atoms with van der Waals surface area (Å²) in [5.41, 5.74) is 1.11. The van der Waals surface area contributed by atoms with E-state index in [2.05, 4.69) is 45.1 Å². The van der Waals surface area contributed by atoms with Crippen molar-refractivity contribution < 1.29 is 0 Å². The summed E-state index contributed by atoms with van der Waals surface area (Å²) in [7, 11) is 0. The van der Waals surface area contributed by atoms with Gasteiger partial charge in [0.2, 0.25) is 0 Å². The summed E-state index contributed by atoms with van der Waals surface area (Å²) < 4.78 is 0. The Balaban J connectivity index is 0.000000147. The second-order valence-electron chi connectivity index (χ2n) is 26.0. The Morgan fingerprint density at radius 2 is 0.773 bits per heavy atom. The van der Waals surface area contributed by atoms with Crippen LogP contribution in [0.25, 0.3) is 0 Å². The van der Waals surface area contributed by atoms with Gasteiger partial charge in [0.05, 0.1) is 28.6 Å². The molecule has 16 aliphatic rings. The van der Waals surface area contributed by atoms with E-state index in [1.807, 2.05) is 23.5 Å². The molecule has 0 aromatic carbocycles. The zero-order valence-electron chi connectivity index (χ0n) is 41.5. The van der Waals surface area contributed by atoms with Gasteiger partial charge in [0, 0.05) is 31.7 Å². The van der Waals surface area contributed by atoms with Gasteiger partial charge in [-0.3, -0.25) is 9.98 Å². The summed E-state index contributed by atoms with van der Waals surface area (Å²) in [6.45, 7) is 3.74. The normalized spacial score (nSPS) is 44.7. The van der Waals surface area contributed by atoms with E-state index in [-0.39, 0.29) is 16.6 Å². The van der Waals surface area contributed by atoms with Crippen molar-refractivity contribution in [2.24, 2.45) is 101 Å². The van der Waals surface area contributed by atoms with Gasteiger partial charge >= 0.3 is 0 Å². The predicted octanol–water partition coefficient (Wildman–Crippen LogP) is 13.2. The maximum absolute atomic E-state index is 5.38. The van der Waals surface area contributed by atoms with Crippen LogP contribution in [0, 0.1) is 71.0 Å². The molecule has 8 nitrogen and oxygen atoms in total. The van der Waals surface area contributed by atoms with E-state index in [0.29, 0.717) is 5.54 Å². The van der Waals surface area contributed by atoms with Gasteiger partial charge in [-0.15, -0.1) is 0 Å². The molecule has 364 valence electrons. The highest BCUT2D eigenvalue weighted by atomic mass is 32.2. The molecule has 0 aromatic heterocycles. The van der Waals surface area contributed by atoms with E-state index >= 15 is 0 Å². The third-order valence-electron chi connectivity index (χ3n) is 20.3. The largest absolute Gasteiger partial charge is 0.365 e. The SMILES string of the molecule is C(=NCCCCCN=C=NC12CC3CC(CC(C3)C1)C2)=NC12CC3CC(CC(C3)C1)C2.CSC(=NC12CC3CC(CC(C3)C1)C2)NCCCCCN=C(NC12CC3CC(CC(C3)C1)C2)SC. The van der Waals surface area contributed by atoms with Gasteiger partial charge in [0.15, 0.2) is 10.3 Å². The molecule has 66 heavy (non-hydrogen) atoms. The van der Waals surface area contributed by atoms with E-state index < -0.39 is 0 Å². The molecule has 0 unspecified atom stereocenters.